The molecule has 0 amide bonds. The predicted molar refractivity (Wildman–Crippen MR) is 65.1 cm³/mol. The number of benzene rings is 1. The molecule has 0 radical (unpaired) electrons. The number of hydrogen-bond acceptors (Lipinski definition) is 3. The van der Waals surface area contributed by atoms with E-state index >= 15 is 0 Å². The molecule has 88 valence electrons. The van der Waals surface area contributed by atoms with Gasteiger partial charge in [0.25, 0.3) is 0 Å². The van der Waals surface area contributed by atoms with E-state index in [-0.39, 0.29) is 17.1 Å². The zero-order valence-electron chi connectivity index (χ0n) is 9.55. The van der Waals surface area contributed by atoms with Crippen LogP contribution in [0.4, 0.5) is 0 Å². The fourth-order valence-corrected chi connectivity index (χ4v) is 4.15. The molecule has 2 rings (SSSR count). The van der Waals surface area contributed by atoms with Crippen LogP contribution in [0.25, 0.3) is 0 Å². The average Bonchev–Trinajstić information content (AvgIpc) is 2.92. The second-order valence-corrected chi connectivity index (χ2v) is 6.83. The number of hydrogen-bond donors (Lipinski definition) is 1. The third-order valence-electron chi connectivity index (χ3n) is 3.33. The van der Waals surface area contributed by atoms with Gasteiger partial charge in [-0.15, -0.1) is 0 Å². The molecule has 16 heavy (non-hydrogen) atoms. The molecule has 3 atom stereocenters. The van der Waals surface area contributed by atoms with Crippen molar-refractivity contribution < 1.29 is 8.42 Å². The molecule has 0 bridgehead atoms. The Kier molecular flexibility index (Phi) is 2.80. The molecule has 1 saturated carbocycles. The SMILES string of the molecule is Cc1ccc([C@H]2[C@H](CN)[C@@H]2S(C)(=O)=O)cc1. The highest BCUT2D eigenvalue weighted by Crippen LogP contribution is 2.51. The van der Waals surface area contributed by atoms with Crippen LogP contribution in [-0.4, -0.2) is 26.5 Å². The van der Waals surface area contributed by atoms with Crippen molar-refractivity contribution in [3.63, 3.8) is 0 Å². The molecule has 0 saturated heterocycles. The third-order valence-corrected chi connectivity index (χ3v) is 4.96. The number of aryl methyl sites for hydroxylation is 1. The molecule has 1 fully saturated rings. The summed E-state index contributed by atoms with van der Waals surface area (Å²) in [6.45, 7) is 2.46. The minimum Gasteiger partial charge on any atom is -0.330 e. The summed E-state index contributed by atoms with van der Waals surface area (Å²) < 4.78 is 23.1. The Morgan fingerprint density at radius 2 is 1.81 bits per heavy atom. The van der Waals surface area contributed by atoms with Crippen LogP contribution in [0.5, 0.6) is 0 Å². The number of sulfone groups is 1. The molecule has 3 nitrogen and oxygen atoms in total. The Morgan fingerprint density at radius 1 is 1.25 bits per heavy atom. The Balaban J connectivity index is 2.27. The van der Waals surface area contributed by atoms with Crippen LogP contribution >= 0.6 is 0 Å². The highest BCUT2D eigenvalue weighted by molar-refractivity contribution is 7.91. The summed E-state index contributed by atoms with van der Waals surface area (Å²) in [6, 6.07) is 8.04. The molecule has 0 spiro atoms. The van der Waals surface area contributed by atoms with Gasteiger partial charge < -0.3 is 5.73 Å². The van der Waals surface area contributed by atoms with Gasteiger partial charge in [-0.05, 0) is 24.9 Å². The van der Waals surface area contributed by atoms with Crippen molar-refractivity contribution in [2.45, 2.75) is 18.1 Å². The summed E-state index contributed by atoms with van der Waals surface area (Å²) >= 11 is 0. The first-order chi connectivity index (χ1) is 7.45. The second-order valence-electron chi connectivity index (χ2n) is 4.63. The van der Waals surface area contributed by atoms with Crippen LogP contribution in [0, 0.1) is 12.8 Å². The molecule has 0 aromatic heterocycles. The van der Waals surface area contributed by atoms with Crippen molar-refractivity contribution >= 4 is 9.84 Å². The Bertz CT molecular complexity index is 478. The number of nitrogens with two attached hydrogens (primary N) is 1. The highest BCUT2D eigenvalue weighted by atomic mass is 32.2. The number of rotatable bonds is 3. The largest absolute Gasteiger partial charge is 0.330 e. The average molecular weight is 239 g/mol. The van der Waals surface area contributed by atoms with Crippen molar-refractivity contribution in [3.8, 4) is 0 Å². The molecule has 1 aliphatic rings. The summed E-state index contributed by atoms with van der Waals surface area (Å²) in [6.07, 6.45) is 1.30. The predicted octanol–water partition coefficient (Wildman–Crippen LogP) is 1.08. The highest BCUT2D eigenvalue weighted by Gasteiger charge is 2.55. The topological polar surface area (TPSA) is 60.2 Å². The summed E-state index contributed by atoms with van der Waals surface area (Å²) in [4.78, 5) is 0. The van der Waals surface area contributed by atoms with Crippen molar-refractivity contribution in [1.29, 1.82) is 0 Å². The van der Waals surface area contributed by atoms with E-state index in [2.05, 4.69) is 0 Å². The lowest BCUT2D eigenvalue weighted by Crippen LogP contribution is -2.11. The Labute approximate surface area is 96.6 Å². The normalized spacial score (nSPS) is 29.1. The zero-order valence-corrected chi connectivity index (χ0v) is 10.4. The van der Waals surface area contributed by atoms with E-state index in [1.54, 1.807) is 0 Å². The molecule has 0 heterocycles. The molecule has 0 aliphatic heterocycles. The lowest BCUT2D eigenvalue weighted by molar-refractivity contribution is 0.597. The van der Waals surface area contributed by atoms with Crippen molar-refractivity contribution in [2.24, 2.45) is 11.7 Å². The van der Waals surface area contributed by atoms with Gasteiger partial charge in [-0.25, -0.2) is 8.42 Å². The first-order valence-corrected chi connectivity index (χ1v) is 7.36. The van der Waals surface area contributed by atoms with Gasteiger partial charge in [0.05, 0.1) is 5.25 Å². The van der Waals surface area contributed by atoms with Crippen LogP contribution in [0.2, 0.25) is 0 Å². The van der Waals surface area contributed by atoms with Crippen LogP contribution in [-0.2, 0) is 9.84 Å². The summed E-state index contributed by atoms with van der Waals surface area (Å²) in [7, 11) is -2.98. The van der Waals surface area contributed by atoms with Gasteiger partial charge in [-0.1, -0.05) is 29.8 Å². The summed E-state index contributed by atoms with van der Waals surface area (Å²) in [5, 5.41) is -0.278. The van der Waals surface area contributed by atoms with Crippen LogP contribution in [0.1, 0.15) is 17.0 Å². The van der Waals surface area contributed by atoms with Gasteiger partial charge in [0, 0.05) is 12.2 Å². The first kappa shape index (κ1) is 11.6. The quantitative estimate of drug-likeness (QED) is 0.858. The zero-order chi connectivity index (χ0) is 11.9. The lowest BCUT2D eigenvalue weighted by atomic mass is 10.1. The van der Waals surface area contributed by atoms with Crippen LogP contribution in [0.15, 0.2) is 24.3 Å². The molecular formula is C12H17NO2S. The van der Waals surface area contributed by atoms with Gasteiger partial charge in [-0.2, -0.15) is 0 Å². The fourth-order valence-electron chi connectivity index (χ4n) is 2.43. The molecule has 1 aliphatic carbocycles. The maximum absolute atomic E-state index is 11.6. The standard InChI is InChI=1S/C12H17NO2S/c1-8-3-5-9(6-4-8)11-10(7-13)12(11)16(2,14)15/h3-6,10-12H,7,13H2,1-2H3/t10-,11-,12-/m0/s1. The monoisotopic (exact) mass is 239 g/mol. The van der Waals surface area contributed by atoms with Crippen molar-refractivity contribution in [1.82, 2.24) is 0 Å². The minimum absolute atomic E-state index is 0.0951. The maximum Gasteiger partial charge on any atom is 0.151 e. The van der Waals surface area contributed by atoms with E-state index in [9.17, 15) is 8.42 Å². The van der Waals surface area contributed by atoms with E-state index < -0.39 is 9.84 Å². The van der Waals surface area contributed by atoms with Crippen LogP contribution in [0.3, 0.4) is 0 Å². The van der Waals surface area contributed by atoms with Gasteiger partial charge in [0.2, 0.25) is 0 Å². The second kappa shape index (κ2) is 3.86. The molecule has 1 aromatic rings. The van der Waals surface area contributed by atoms with E-state index in [1.165, 1.54) is 11.8 Å². The van der Waals surface area contributed by atoms with Gasteiger partial charge in [0.15, 0.2) is 9.84 Å². The van der Waals surface area contributed by atoms with E-state index in [0.29, 0.717) is 6.54 Å². The van der Waals surface area contributed by atoms with Crippen molar-refractivity contribution in [3.05, 3.63) is 35.4 Å². The van der Waals surface area contributed by atoms with Gasteiger partial charge >= 0.3 is 0 Å². The smallest absolute Gasteiger partial charge is 0.151 e. The van der Waals surface area contributed by atoms with Gasteiger partial charge in [-0.3, -0.25) is 0 Å². The summed E-state index contributed by atoms with van der Waals surface area (Å²) in [5.74, 6) is 0.193. The molecule has 0 unspecified atom stereocenters. The first-order valence-electron chi connectivity index (χ1n) is 5.40. The van der Waals surface area contributed by atoms with E-state index in [1.807, 2.05) is 31.2 Å². The summed E-state index contributed by atoms with van der Waals surface area (Å²) in [5.41, 5.74) is 7.89. The fraction of sp³-hybridized carbons (Fsp3) is 0.500. The van der Waals surface area contributed by atoms with E-state index in [0.717, 1.165) is 5.56 Å². The maximum atomic E-state index is 11.6. The van der Waals surface area contributed by atoms with Gasteiger partial charge in [0.1, 0.15) is 0 Å². The van der Waals surface area contributed by atoms with Crippen molar-refractivity contribution in [2.75, 3.05) is 12.8 Å². The Morgan fingerprint density at radius 3 is 2.19 bits per heavy atom. The Hall–Kier alpha value is -0.870. The molecular weight excluding hydrogens is 222 g/mol. The lowest BCUT2D eigenvalue weighted by Gasteiger charge is -2.00. The molecule has 2 N–H and O–H groups in total. The molecule has 1 aromatic carbocycles. The molecule has 4 heteroatoms. The van der Waals surface area contributed by atoms with Crippen LogP contribution < -0.4 is 5.73 Å². The van der Waals surface area contributed by atoms with E-state index in [4.69, 9.17) is 5.73 Å². The minimum atomic E-state index is -2.98. The third kappa shape index (κ3) is 1.99.